The predicted molar refractivity (Wildman–Crippen MR) is 131 cm³/mol. The molecule has 0 fully saturated rings. The summed E-state index contributed by atoms with van der Waals surface area (Å²) in [4.78, 5) is 16.4. The van der Waals surface area contributed by atoms with Crippen LogP contribution in [0.4, 0.5) is 0 Å². The Morgan fingerprint density at radius 2 is 1.77 bits per heavy atom. The standard InChI is InChI=1S/C27H23N5O3/c1-18(2)23-12-13-24(31-30-23)19-8-10-22(11-9-19)34-25-15-20(27-28-17-29-35-27)6-7-21(25)16-32-14-4-3-5-26(32)33/h3-15,17-18H,16H2,1-2H3. The fourth-order valence-corrected chi connectivity index (χ4v) is 3.61. The van der Waals surface area contributed by atoms with Crippen LogP contribution in [0.25, 0.3) is 22.7 Å². The second-order valence-electron chi connectivity index (χ2n) is 8.36. The number of hydrogen-bond acceptors (Lipinski definition) is 7. The van der Waals surface area contributed by atoms with Gasteiger partial charge in [-0.25, -0.2) is 0 Å². The molecule has 2 aromatic carbocycles. The first-order chi connectivity index (χ1) is 17.1. The molecule has 0 spiro atoms. The van der Waals surface area contributed by atoms with Gasteiger partial charge in [-0.2, -0.15) is 15.2 Å². The zero-order chi connectivity index (χ0) is 24.2. The van der Waals surface area contributed by atoms with Crippen molar-refractivity contribution in [1.82, 2.24) is 24.9 Å². The van der Waals surface area contributed by atoms with E-state index in [1.165, 1.54) is 12.4 Å². The monoisotopic (exact) mass is 465 g/mol. The quantitative estimate of drug-likeness (QED) is 0.321. The Bertz CT molecular complexity index is 1480. The van der Waals surface area contributed by atoms with Crippen LogP contribution in [0.5, 0.6) is 11.5 Å². The second-order valence-corrected chi connectivity index (χ2v) is 8.36. The van der Waals surface area contributed by atoms with Crippen molar-refractivity contribution < 1.29 is 9.26 Å². The Morgan fingerprint density at radius 3 is 2.46 bits per heavy atom. The van der Waals surface area contributed by atoms with E-state index in [2.05, 4.69) is 34.2 Å². The molecule has 0 saturated carbocycles. The van der Waals surface area contributed by atoms with Gasteiger partial charge in [0.1, 0.15) is 11.5 Å². The summed E-state index contributed by atoms with van der Waals surface area (Å²) in [6.45, 7) is 4.53. The van der Waals surface area contributed by atoms with Gasteiger partial charge in [0.05, 0.1) is 17.9 Å². The van der Waals surface area contributed by atoms with Gasteiger partial charge in [-0.3, -0.25) is 4.79 Å². The van der Waals surface area contributed by atoms with E-state index in [0.717, 1.165) is 28.1 Å². The van der Waals surface area contributed by atoms with Gasteiger partial charge in [0.15, 0.2) is 6.33 Å². The first-order valence-electron chi connectivity index (χ1n) is 11.2. The molecule has 35 heavy (non-hydrogen) atoms. The second kappa shape index (κ2) is 9.72. The molecular weight excluding hydrogens is 442 g/mol. The van der Waals surface area contributed by atoms with E-state index in [9.17, 15) is 4.79 Å². The molecule has 174 valence electrons. The molecule has 0 N–H and O–H groups in total. The molecule has 0 unspecified atom stereocenters. The molecule has 5 aromatic rings. The molecule has 8 heteroatoms. The van der Waals surface area contributed by atoms with Crippen LogP contribution in [-0.4, -0.2) is 24.9 Å². The van der Waals surface area contributed by atoms with Crippen LogP contribution in [0, 0.1) is 0 Å². The third-order valence-electron chi connectivity index (χ3n) is 5.57. The molecule has 3 heterocycles. The number of rotatable bonds is 7. The van der Waals surface area contributed by atoms with Crippen molar-refractivity contribution in [2.24, 2.45) is 0 Å². The molecule has 0 bridgehead atoms. The van der Waals surface area contributed by atoms with Gasteiger partial charge < -0.3 is 13.8 Å². The van der Waals surface area contributed by atoms with Crippen molar-refractivity contribution in [1.29, 1.82) is 0 Å². The molecule has 0 aliphatic carbocycles. The molecule has 0 radical (unpaired) electrons. The third-order valence-corrected chi connectivity index (χ3v) is 5.57. The van der Waals surface area contributed by atoms with E-state index in [1.54, 1.807) is 16.8 Å². The van der Waals surface area contributed by atoms with Crippen molar-refractivity contribution >= 4 is 0 Å². The largest absolute Gasteiger partial charge is 0.457 e. The number of ether oxygens (including phenoxy) is 1. The minimum absolute atomic E-state index is 0.0895. The number of nitrogens with zero attached hydrogens (tertiary/aromatic N) is 5. The zero-order valence-corrected chi connectivity index (χ0v) is 19.3. The van der Waals surface area contributed by atoms with Gasteiger partial charge in [-0.1, -0.05) is 31.1 Å². The summed E-state index contributed by atoms with van der Waals surface area (Å²) >= 11 is 0. The topological polar surface area (TPSA) is 95.9 Å². The van der Waals surface area contributed by atoms with E-state index in [1.807, 2.05) is 60.7 Å². The Balaban J connectivity index is 1.44. The molecule has 8 nitrogen and oxygen atoms in total. The lowest BCUT2D eigenvalue weighted by Crippen LogP contribution is -2.18. The molecule has 0 aliphatic rings. The molecule has 0 aliphatic heterocycles. The summed E-state index contributed by atoms with van der Waals surface area (Å²) in [5.41, 5.74) is 4.16. The maximum Gasteiger partial charge on any atom is 0.257 e. The lowest BCUT2D eigenvalue weighted by Gasteiger charge is -2.14. The molecule has 0 amide bonds. The van der Waals surface area contributed by atoms with Crippen molar-refractivity contribution in [3.05, 3.63) is 107 Å². The maximum absolute atomic E-state index is 12.3. The van der Waals surface area contributed by atoms with Gasteiger partial charge in [0.2, 0.25) is 0 Å². The average molecular weight is 466 g/mol. The van der Waals surface area contributed by atoms with E-state index in [4.69, 9.17) is 9.26 Å². The summed E-state index contributed by atoms with van der Waals surface area (Å²) < 4.78 is 13.1. The van der Waals surface area contributed by atoms with Crippen LogP contribution >= 0.6 is 0 Å². The fourth-order valence-electron chi connectivity index (χ4n) is 3.61. The highest BCUT2D eigenvalue weighted by atomic mass is 16.5. The van der Waals surface area contributed by atoms with Crippen LogP contribution in [0.2, 0.25) is 0 Å². The lowest BCUT2D eigenvalue weighted by atomic mass is 10.1. The average Bonchev–Trinajstić information content (AvgIpc) is 3.42. The van der Waals surface area contributed by atoms with Crippen LogP contribution in [0.15, 0.2) is 94.6 Å². The smallest absolute Gasteiger partial charge is 0.257 e. The van der Waals surface area contributed by atoms with Gasteiger partial charge >= 0.3 is 0 Å². The fraction of sp³-hybridized carbons (Fsp3) is 0.148. The van der Waals surface area contributed by atoms with E-state index in [0.29, 0.717) is 29.9 Å². The summed E-state index contributed by atoms with van der Waals surface area (Å²) in [6.07, 6.45) is 3.10. The van der Waals surface area contributed by atoms with E-state index >= 15 is 0 Å². The minimum Gasteiger partial charge on any atom is -0.457 e. The first-order valence-corrected chi connectivity index (χ1v) is 11.2. The summed E-state index contributed by atoms with van der Waals surface area (Å²) in [7, 11) is 0. The number of benzene rings is 2. The van der Waals surface area contributed by atoms with Gasteiger partial charge in [0, 0.05) is 29.0 Å². The van der Waals surface area contributed by atoms with E-state index < -0.39 is 0 Å². The van der Waals surface area contributed by atoms with Crippen molar-refractivity contribution in [2.75, 3.05) is 0 Å². The van der Waals surface area contributed by atoms with E-state index in [-0.39, 0.29) is 5.56 Å². The van der Waals surface area contributed by atoms with Crippen LogP contribution in [0.3, 0.4) is 0 Å². The first kappa shape index (κ1) is 22.2. The molecule has 0 atom stereocenters. The van der Waals surface area contributed by atoms with Crippen molar-refractivity contribution in [3.63, 3.8) is 0 Å². The molecule has 5 rings (SSSR count). The molecule has 3 aromatic heterocycles. The summed E-state index contributed by atoms with van der Waals surface area (Å²) in [5, 5.41) is 12.3. The van der Waals surface area contributed by atoms with Crippen molar-refractivity contribution in [2.45, 2.75) is 26.3 Å². The summed E-state index contributed by atoms with van der Waals surface area (Å²) in [5.74, 6) is 1.95. The zero-order valence-electron chi connectivity index (χ0n) is 19.3. The van der Waals surface area contributed by atoms with Gasteiger partial charge in [0.25, 0.3) is 11.4 Å². The summed E-state index contributed by atoms with van der Waals surface area (Å²) in [6, 6.07) is 22.3. The van der Waals surface area contributed by atoms with Gasteiger partial charge in [-0.15, -0.1) is 0 Å². The van der Waals surface area contributed by atoms with Crippen LogP contribution < -0.4 is 10.3 Å². The number of pyridine rings is 1. The highest BCUT2D eigenvalue weighted by Crippen LogP contribution is 2.31. The Hall–Kier alpha value is -4.59. The predicted octanol–water partition coefficient (Wildman–Crippen LogP) is 5.32. The highest BCUT2D eigenvalue weighted by molar-refractivity contribution is 5.61. The molecule has 0 saturated heterocycles. The highest BCUT2D eigenvalue weighted by Gasteiger charge is 2.13. The third kappa shape index (κ3) is 5.01. The van der Waals surface area contributed by atoms with Crippen molar-refractivity contribution in [3.8, 4) is 34.2 Å². The number of hydrogen-bond donors (Lipinski definition) is 0. The Kier molecular flexibility index (Phi) is 6.17. The lowest BCUT2D eigenvalue weighted by molar-refractivity contribution is 0.429. The van der Waals surface area contributed by atoms with Gasteiger partial charge in [-0.05, 0) is 60.5 Å². The SMILES string of the molecule is CC(C)c1ccc(-c2ccc(Oc3cc(-c4ncno4)ccc3Cn3ccccc3=O)cc2)nn1. The van der Waals surface area contributed by atoms with Crippen LogP contribution in [-0.2, 0) is 6.54 Å². The Labute approximate surface area is 201 Å². The Morgan fingerprint density at radius 1 is 0.943 bits per heavy atom. The minimum atomic E-state index is -0.0895. The van der Waals surface area contributed by atoms with Crippen LogP contribution in [0.1, 0.15) is 31.0 Å². The number of aromatic nitrogens is 5. The molecular formula is C27H23N5O3. The maximum atomic E-state index is 12.3. The normalized spacial score (nSPS) is 11.1.